The van der Waals surface area contributed by atoms with E-state index < -0.39 is 0 Å². The summed E-state index contributed by atoms with van der Waals surface area (Å²) < 4.78 is 7.05. The second kappa shape index (κ2) is 4.24. The van der Waals surface area contributed by atoms with Crippen LogP contribution in [0, 0.1) is 6.92 Å². The minimum atomic E-state index is 0.470. The van der Waals surface area contributed by atoms with Gasteiger partial charge in [-0.1, -0.05) is 5.16 Å². The van der Waals surface area contributed by atoms with Gasteiger partial charge in [-0.3, -0.25) is 4.68 Å². The van der Waals surface area contributed by atoms with E-state index in [1.807, 2.05) is 26.1 Å². The summed E-state index contributed by atoms with van der Waals surface area (Å²) in [5, 5.41) is 8.14. The Morgan fingerprint density at radius 3 is 2.58 bits per heavy atom. The second-order valence-corrected chi connectivity index (χ2v) is 4.31. The zero-order valence-electron chi connectivity index (χ0n) is 10.7. The molecule has 0 fully saturated rings. The van der Waals surface area contributed by atoms with E-state index in [9.17, 15) is 0 Å². The largest absolute Gasteiger partial charge is 0.399 e. The molecule has 0 radical (unpaired) electrons. The van der Waals surface area contributed by atoms with Gasteiger partial charge in [0, 0.05) is 24.0 Å². The van der Waals surface area contributed by atoms with E-state index in [1.165, 1.54) is 0 Å². The molecule has 0 saturated heterocycles. The van der Waals surface area contributed by atoms with Crippen molar-refractivity contribution in [2.24, 2.45) is 7.05 Å². The first-order valence-electron chi connectivity index (χ1n) is 5.84. The van der Waals surface area contributed by atoms with Gasteiger partial charge in [-0.2, -0.15) is 10.1 Å². The molecule has 2 heterocycles. The van der Waals surface area contributed by atoms with Crippen molar-refractivity contribution >= 4 is 5.69 Å². The lowest BCUT2D eigenvalue weighted by molar-refractivity contribution is 0.432. The summed E-state index contributed by atoms with van der Waals surface area (Å²) in [6.45, 7) is 1.95. The van der Waals surface area contributed by atoms with Crippen molar-refractivity contribution in [2.75, 3.05) is 5.73 Å². The molecule has 6 nitrogen and oxygen atoms in total. The molecule has 0 atom stereocenters. The lowest BCUT2D eigenvalue weighted by atomic mass is 10.2. The van der Waals surface area contributed by atoms with Crippen molar-refractivity contribution in [1.29, 1.82) is 0 Å². The van der Waals surface area contributed by atoms with Gasteiger partial charge >= 0.3 is 0 Å². The van der Waals surface area contributed by atoms with Crippen molar-refractivity contribution in [2.45, 2.75) is 6.92 Å². The molecular formula is C13H13N5O. The van der Waals surface area contributed by atoms with Gasteiger partial charge in [-0.15, -0.1) is 0 Å². The molecule has 96 valence electrons. The molecule has 19 heavy (non-hydrogen) atoms. The predicted molar refractivity (Wildman–Crippen MR) is 71.1 cm³/mol. The van der Waals surface area contributed by atoms with Crippen molar-refractivity contribution < 1.29 is 4.52 Å². The Balaban J connectivity index is 2.00. The molecule has 0 aliphatic carbocycles. The number of rotatable bonds is 2. The molecule has 0 bridgehead atoms. The van der Waals surface area contributed by atoms with E-state index in [0.717, 1.165) is 16.8 Å². The highest BCUT2D eigenvalue weighted by atomic mass is 16.5. The van der Waals surface area contributed by atoms with Gasteiger partial charge in [0.25, 0.3) is 5.89 Å². The van der Waals surface area contributed by atoms with Crippen LogP contribution >= 0.6 is 0 Å². The third-order valence-electron chi connectivity index (χ3n) is 3.06. The average molecular weight is 255 g/mol. The van der Waals surface area contributed by atoms with Crippen LogP contribution in [0.4, 0.5) is 5.69 Å². The molecule has 2 N–H and O–H groups in total. The monoisotopic (exact) mass is 255 g/mol. The SMILES string of the molecule is Cc1c(-c2nc(-c3ccc(N)cc3)no2)cnn1C. The molecule has 0 saturated carbocycles. The molecule has 0 aliphatic rings. The number of nitrogen functional groups attached to an aromatic ring is 1. The van der Waals surface area contributed by atoms with Crippen LogP contribution in [0.25, 0.3) is 22.8 Å². The number of hydrogen-bond acceptors (Lipinski definition) is 5. The van der Waals surface area contributed by atoms with E-state index in [4.69, 9.17) is 10.3 Å². The highest BCUT2D eigenvalue weighted by Gasteiger charge is 2.14. The van der Waals surface area contributed by atoms with Crippen LogP contribution in [0.1, 0.15) is 5.69 Å². The third kappa shape index (κ3) is 1.97. The topological polar surface area (TPSA) is 82.8 Å². The number of hydrogen-bond donors (Lipinski definition) is 1. The van der Waals surface area contributed by atoms with Crippen LogP contribution in [-0.4, -0.2) is 19.9 Å². The van der Waals surface area contributed by atoms with E-state index in [0.29, 0.717) is 17.4 Å². The van der Waals surface area contributed by atoms with Gasteiger partial charge in [-0.05, 0) is 31.2 Å². The Morgan fingerprint density at radius 2 is 1.95 bits per heavy atom. The Hall–Kier alpha value is -2.63. The first-order valence-corrected chi connectivity index (χ1v) is 5.84. The van der Waals surface area contributed by atoms with Crippen LogP contribution < -0.4 is 5.73 Å². The third-order valence-corrected chi connectivity index (χ3v) is 3.06. The normalized spacial score (nSPS) is 10.8. The van der Waals surface area contributed by atoms with Gasteiger partial charge in [0.15, 0.2) is 0 Å². The first-order chi connectivity index (χ1) is 9.15. The Morgan fingerprint density at radius 1 is 1.21 bits per heavy atom. The fourth-order valence-corrected chi connectivity index (χ4v) is 1.79. The highest BCUT2D eigenvalue weighted by Crippen LogP contribution is 2.24. The molecule has 0 unspecified atom stereocenters. The number of aryl methyl sites for hydroxylation is 1. The van der Waals surface area contributed by atoms with Crippen molar-refractivity contribution in [3.63, 3.8) is 0 Å². The quantitative estimate of drug-likeness (QED) is 0.708. The van der Waals surface area contributed by atoms with Crippen LogP contribution in [0.15, 0.2) is 35.0 Å². The molecule has 1 aromatic carbocycles. The summed E-state index contributed by atoms with van der Waals surface area (Å²) in [5.74, 6) is 1.01. The number of aromatic nitrogens is 4. The molecule has 6 heteroatoms. The van der Waals surface area contributed by atoms with Gasteiger partial charge in [0.2, 0.25) is 5.82 Å². The summed E-state index contributed by atoms with van der Waals surface area (Å²) in [4.78, 5) is 4.38. The van der Waals surface area contributed by atoms with E-state index in [-0.39, 0.29) is 0 Å². The Kier molecular flexibility index (Phi) is 2.56. The fraction of sp³-hybridized carbons (Fsp3) is 0.154. The van der Waals surface area contributed by atoms with Gasteiger partial charge in [0.05, 0.1) is 11.8 Å². The van der Waals surface area contributed by atoms with Gasteiger partial charge in [-0.25, -0.2) is 0 Å². The Labute approximate surface area is 109 Å². The summed E-state index contributed by atoms with van der Waals surface area (Å²) in [5.41, 5.74) is 9.04. The summed E-state index contributed by atoms with van der Waals surface area (Å²) in [6, 6.07) is 7.33. The van der Waals surface area contributed by atoms with Crippen LogP contribution in [-0.2, 0) is 7.05 Å². The second-order valence-electron chi connectivity index (χ2n) is 4.31. The zero-order chi connectivity index (χ0) is 13.4. The van der Waals surface area contributed by atoms with Crippen molar-refractivity contribution in [3.05, 3.63) is 36.2 Å². The maximum atomic E-state index is 5.65. The van der Waals surface area contributed by atoms with Crippen molar-refractivity contribution in [1.82, 2.24) is 19.9 Å². The van der Waals surface area contributed by atoms with E-state index >= 15 is 0 Å². The summed E-state index contributed by atoms with van der Waals surface area (Å²) >= 11 is 0. The predicted octanol–water partition coefficient (Wildman–Crippen LogP) is 2.03. The molecule has 0 aliphatic heterocycles. The minimum Gasteiger partial charge on any atom is -0.399 e. The average Bonchev–Trinajstić information content (AvgIpc) is 2.99. The van der Waals surface area contributed by atoms with Crippen LogP contribution in [0.2, 0.25) is 0 Å². The minimum absolute atomic E-state index is 0.470. The molecule has 3 aromatic rings. The molecule has 0 amide bonds. The van der Waals surface area contributed by atoms with Gasteiger partial charge < -0.3 is 10.3 Å². The first kappa shape index (κ1) is 11.5. The maximum Gasteiger partial charge on any atom is 0.261 e. The number of anilines is 1. The smallest absolute Gasteiger partial charge is 0.261 e. The number of benzene rings is 1. The zero-order valence-corrected chi connectivity index (χ0v) is 10.7. The number of nitrogens with two attached hydrogens (primary N) is 1. The summed E-state index contributed by atoms with van der Waals surface area (Å²) in [7, 11) is 1.87. The van der Waals surface area contributed by atoms with Gasteiger partial charge in [0.1, 0.15) is 0 Å². The number of nitrogens with zero attached hydrogens (tertiary/aromatic N) is 4. The summed E-state index contributed by atoms with van der Waals surface area (Å²) in [6.07, 6.45) is 1.72. The molecular weight excluding hydrogens is 242 g/mol. The molecule has 3 rings (SSSR count). The van der Waals surface area contributed by atoms with Crippen LogP contribution in [0.3, 0.4) is 0 Å². The lowest BCUT2D eigenvalue weighted by Crippen LogP contribution is -1.92. The van der Waals surface area contributed by atoms with E-state index in [2.05, 4.69) is 15.2 Å². The van der Waals surface area contributed by atoms with E-state index in [1.54, 1.807) is 23.0 Å². The molecule has 0 spiro atoms. The lowest BCUT2D eigenvalue weighted by Gasteiger charge is -1.95. The fourth-order valence-electron chi connectivity index (χ4n) is 1.79. The Bertz CT molecular complexity index is 711. The van der Waals surface area contributed by atoms with Crippen molar-refractivity contribution in [3.8, 4) is 22.8 Å². The maximum absolute atomic E-state index is 5.65. The van der Waals surface area contributed by atoms with Crippen LogP contribution in [0.5, 0.6) is 0 Å². The highest BCUT2D eigenvalue weighted by molar-refractivity contribution is 5.62. The standard InChI is InChI=1S/C13H13N5O/c1-8-11(7-15-18(8)2)13-16-12(17-19-13)9-3-5-10(14)6-4-9/h3-7H,14H2,1-2H3. The molecule has 2 aromatic heterocycles.